The standard InChI is InChI=1S/C36H34/c1-2-7-24(8-3-1)15-25-9-6-11-30(17-25)36(32-18-26-16-27(20-32)21-33(36)19-26)31-13-14-35-29(23-31)22-28-10-4-5-12-34(28)35/h1-14,17,23,26-27,32-33H,15-16,18-22H2. The molecule has 4 saturated carbocycles. The summed E-state index contributed by atoms with van der Waals surface area (Å²) in [6.07, 6.45) is 9.30. The van der Waals surface area contributed by atoms with Gasteiger partial charge < -0.3 is 0 Å². The molecule has 4 fully saturated rings. The largest absolute Gasteiger partial charge is 0.0622 e. The lowest BCUT2D eigenvalue weighted by Crippen LogP contribution is -2.56. The monoisotopic (exact) mass is 466 g/mol. The van der Waals surface area contributed by atoms with Gasteiger partial charge in [-0.2, -0.15) is 0 Å². The lowest BCUT2D eigenvalue weighted by Gasteiger charge is -2.62. The van der Waals surface area contributed by atoms with Gasteiger partial charge >= 0.3 is 0 Å². The summed E-state index contributed by atoms with van der Waals surface area (Å²) in [6, 6.07) is 37.4. The van der Waals surface area contributed by atoms with E-state index in [0.717, 1.165) is 36.5 Å². The Morgan fingerprint density at radius 2 is 1.19 bits per heavy atom. The van der Waals surface area contributed by atoms with Crippen molar-refractivity contribution in [2.75, 3.05) is 0 Å². The van der Waals surface area contributed by atoms with Gasteiger partial charge in [0.2, 0.25) is 0 Å². The van der Waals surface area contributed by atoms with Gasteiger partial charge in [0, 0.05) is 5.41 Å². The first-order valence-electron chi connectivity index (χ1n) is 14.1. The van der Waals surface area contributed by atoms with Crippen molar-refractivity contribution >= 4 is 0 Å². The van der Waals surface area contributed by atoms with Gasteiger partial charge in [-0.3, -0.25) is 0 Å². The Kier molecular flexibility index (Phi) is 4.63. The third-order valence-corrected chi connectivity index (χ3v) is 10.4. The zero-order valence-corrected chi connectivity index (χ0v) is 21.0. The van der Waals surface area contributed by atoms with Crippen LogP contribution in [-0.4, -0.2) is 0 Å². The Hall–Kier alpha value is -3.12. The number of rotatable bonds is 4. The first-order valence-corrected chi connectivity index (χ1v) is 14.1. The molecule has 9 rings (SSSR count). The fourth-order valence-corrected chi connectivity index (χ4v) is 9.21. The third-order valence-electron chi connectivity index (χ3n) is 10.4. The predicted octanol–water partition coefficient (Wildman–Crippen LogP) is 8.59. The van der Waals surface area contributed by atoms with Crippen LogP contribution in [-0.2, 0) is 18.3 Å². The van der Waals surface area contributed by atoms with Crippen molar-refractivity contribution in [1.29, 1.82) is 0 Å². The van der Waals surface area contributed by atoms with Gasteiger partial charge in [-0.15, -0.1) is 0 Å². The Labute approximate surface area is 215 Å². The number of hydrogen-bond donors (Lipinski definition) is 0. The maximum absolute atomic E-state index is 2.64. The molecule has 0 saturated heterocycles. The molecule has 0 aromatic heterocycles. The van der Waals surface area contributed by atoms with Crippen molar-refractivity contribution in [3.63, 3.8) is 0 Å². The molecule has 36 heavy (non-hydrogen) atoms. The van der Waals surface area contributed by atoms with E-state index in [4.69, 9.17) is 0 Å². The zero-order chi connectivity index (χ0) is 23.7. The molecule has 0 N–H and O–H groups in total. The molecule has 4 aromatic rings. The van der Waals surface area contributed by atoms with Crippen LogP contribution in [0.2, 0.25) is 0 Å². The molecule has 5 aliphatic rings. The van der Waals surface area contributed by atoms with Crippen LogP contribution in [0.3, 0.4) is 0 Å². The maximum Gasteiger partial charge on any atom is 0.0259 e. The molecular weight excluding hydrogens is 432 g/mol. The molecule has 0 unspecified atom stereocenters. The summed E-state index contributed by atoms with van der Waals surface area (Å²) >= 11 is 0. The average Bonchev–Trinajstić information content (AvgIpc) is 3.27. The van der Waals surface area contributed by atoms with Gasteiger partial charge in [0.1, 0.15) is 0 Å². The molecule has 0 spiro atoms. The van der Waals surface area contributed by atoms with E-state index < -0.39 is 0 Å². The van der Waals surface area contributed by atoms with Gasteiger partial charge in [0.05, 0.1) is 0 Å². The topological polar surface area (TPSA) is 0 Å². The van der Waals surface area contributed by atoms with Crippen LogP contribution in [0.25, 0.3) is 11.1 Å². The highest BCUT2D eigenvalue weighted by molar-refractivity contribution is 5.77. The number of hydrogen-bond acceptors (Lipinski definition) is 0. The molecule has 178 valence electrons. The van der Waals surface area contributed by atoms with Crippen molar-refractivity contribution in [2.45, 2.75) is 50.4 Å². The van der Waals surface area contributed by atoms with E-state index in [2.05, 4.69) is 97.1 Å². The van der Waals surface area contributed by atoms with Crippen molar-refractivity contribution in [3.05, 3.63) is 130 Å². The smallest absolute Gasteiger partial charge is 0.0259 e. The van der Waals surface area contributed by atoms with E-state index in [9.17, 15) is 0 Å². The van der Waals surface area contributed by atoms with E-state index in [1.165, 1.54) is 59.9 Å². The molecule has 0 atom stereocenters. The molecule has 0 radical (unpaired) electrons. The summed E-state index contributed by atoms with van der Waals surface area (Å²) in [7, 11) is 0. The fraction of sp³-hybridized carbons (Fsp3) is 0.333. The number of benzene rings is 4. The summed E-state index contributed by atoms with van der Waals surface area (Å²) in [5.41, 5.74) is 12.2. The minimum atomic E-state index is 0.171. The predicted molar refractivity (Wildman–Crippen MR) is 148 cm³/mol. The highest BCUT2D eigenvalue weighted by Gasteiger charge is 2.58. The van der Waals surface area contributed by atoms with Crippen LogP contribution in [0.15, 0.2) is 97.1 Å². The molecule has 0 aliphatic heterocycles. The molecule has 0 heterocycles. The molecule has 0 heteroatoms. The second kappa shape index (κ2) is 7.94. The first kappa shape index (κ1) is 21.0. The number of fused-ring (bicyclic) bond motifs is 3. The second-order valence-electron chi connectivity index (χ2n) is 12.2. The van der Waals surface area contributed by atoms with Gasteiger partial charge in [-0.05, 0) is 113 Å². The van der Waals surface area contributed by atoms with Gasteiger partial charge in [0.15, 0.2) is 0 Å². The van der Waals surface area contributed by atoms with Crippen molar-refractivity contribution in [3.8, 4) is 11.1 Å². The van der Waals surface area contributed by atoms with Gasteiger partial charge in [0.25, 0.3) is 0 Å². The molecule has 5 aliphatic carbocycles. The van der Waals surface area contributed by atoms with E-state index in [1.807, 2.05) is 0 Å². The Morgan fingerprint density at radius 3 is 2.00 bits per heavy atom. The van der Waals surface area contributed by atoms with Crippen LogP contribution in [0.5, 0.6) is 0 Å². The van der Waals surface area contributed by atoms with Crippen LogP contribution in [0.4, 0.5) is 0 Å². The first-order chi connectivity index (χ1) is 17.8. The lowest BCUT2D eigenvalue weighted by molar-refractivity contribution is -0.0418. The van der Waals surface area contributed by atoms with E-state index in [0.29, 0.717) is 0 Å². The van der Waals surface area contributed by atoms with E-state index >= 15 is 0 Å². The summed E-state index contributed by atoms with van der Waals surface area (Å²) in [4.78, 5) is 0. The quantitative estimate of drug-likeness (QED) is 0.249. The molecule has 4 bridgehead atoms. The fourth-order valence-electron chi connectivity index (χ4n) is 9.21. The molecule has 4 aromatic carbocycles. The Bertz CT molecular complexity index is 1410. The molecular formula is C36H34. The summed E-state index contributed by atoms with van der Waals surface area (Å²) in [5.74, 6) is 3.49. The average molecular weight is 467 g/mol. The summed E-state index contributed by atoms with van der Waals surface area (Å²) in [5, 5.41) is 0. The van der Waals surface area contributed by atoms with E-state index in [-0.39, 0.29) is 5.41 Å². The molecule has 0 amide bonds. The van der Waals surface area contributed by atoms with E-state index in [1.54, 1.807) is 16.7 Å². The highest BCUT2D eigenvalue weighted by atomic mass is 14.6. The van der Waals surface area contributed by atoms with Crippen molar-refractivity contribution < 1.29 is 0 Å². The zero-order valence-electron chi connectivity index (χ0n) is 21.0. The third kappa shape index (κ3) is 3.06. The minimum Gasteiger partial charge on any atom is -0.0622 e. The Morgan fingerprint density at radius 1 is 0.528 bits per heavy atom. The van der Waals surface area contributed by atoms with Crippen LogP contribution >= 0.6 is 0 Å². The minimum absolute atomic E-state index is 0.171. The second-order valence-corrected chi connectivity index (χ2v) is 12.2. The van der Waals surface area contributed by atoms with Crippen molar-refractivity contribution in [2.24, 2.45) is 23.7 Å². The van der Waals surface area contributed by atoms with Gasteiger partial charge in [-0.1, -0.05) is 97.1 Å². The lowest BCUT2D eigenvalue weighted by atomic mass is 9.42. The highest BCUT2D eigenvalue weighted by Crippen LogP contribution is 2.65. The SMILES string of the molecule is c1ccc(Cc2cccc(C3(c4ccc5c(c4)Cc4ccccc4-5)C4CC5CC(C4)CC3C5)c2)cc1. The molecule has 0 nitrogen and oxygen atoms in total. The van der Waals surface area contributed by atoms with Gasteiger partial charge in [-0.25, -0.2) is 0 Å². The van der Waals surface area contributed by atoms with Crippen LogP contribution < -0.4 is 0 Å². The normalized spacial score (nSPS) is 29.2. The Balaban J connectivity index is 1.27. The van der Waals surface area contributed by atoms with Crippen LogP contribution in [0, 0.1) is 23.7 Å². The van der Waals surface area contributed by atoms with Crippen LogP contribution in [0.1, 0.15) is 65.5 Å². The van der Waals surface area contributed by atoms with Crippen molar-refractivity contribution in [1.82, 2.24) is 0 Å². The maximum atomic E-state index is 2.64. The summed E-state index contributed by atoms with van der Waals surface area (Å²) in [6.45, 7) is 0. The summed E-state index contributed by atoms with van der Waals surface area (Å²) < 4.78 is 0.